The highest BCUT2D eigenvalue weighted by Gasteiger charge is 2.42. The summed E-state index contributed by atoms with van der Waals surface area (Å²) in [6.45, 7) is 1.85. The van der Waals surface area contributed by atoms with Gasteiger partial charge in [-0.3, -0.25) is 0 Å². The maximum absolute atomic E-state index is 11.5. The third-order valence-electron chi connectivity index (χ3n) is 3.25. The van der Waals surface area contributed by atoms with Crippen LogP contribution in [0.25, 0.3) is 10.2 Å². The molecular formula is C15H16N4O4S. The van der Waals surface area contributed by atoms with Crippen molar-refractivity contribution >= 4 is 38.6 Å². The van der Waals surface area contributed by atoms with Crippen LogP contribution in [-0.2, 0) is 19.1 Å². The summed E-state index contributed by atoms with van der Waals surface area (Å²) >= 11 is 1.54. The van der Waals surface area contributed by atoms with Crippen molar-refractivity contribution in [2.75, 3.05) is 12.0 Å². The molecule has 1 fully saturated rings. The van der Waals surface area contributed by atoms with Crippen molar-refractivity contribution in [3.8, 4) is 0 Å². The minimum absolute atomic E-state index is 0.397. The average Bonchev–Trinajstić information content (AvgIpc) is 2.95. The summed E-state index contributed by atoms with van der Waals surface area (Å²) in [6.07, 6.45) is 2.95. The Labute approximate surface area is 141 Å². The van der Waals surface area contributed by atoms with Crippen molar-refractivity contribution in [1.82, 2.24) is 10.3 Å². The van der Waals surface area contributed by atoms with Gasteiger partial charge in [-0.05, 0) is 12.1 Å². The first-order chi connectivity index (χ1) is 11.5. The van der Waals surface area contributed by atoms with E-state index < -0.39 is 23.8 Å². The van der Waals surface area contributed by atoms with Crippen molar-refractivity contribution in [2.45, 2.75) is 18.8 Å². The van der Waals surface area contributed by atoms with Gasteiger partial charge in [0.05, 0.1) is 16.9 Å². The molecular weight excluding hydrogens is 332 g/mol. The lowest BCUT2D eigenvalue weighted by atomic mass is 10.2. The Morgan fingerprint density at radius 3 is 2.75 bits per heavy atom. The quantitative estimate of drug-likeness (QED) is 0.316. The third-order valence-corrected chi connectivity index (χ3v) is 4.25. The molecule has 2 heterocycles. The van der Waals surface area contributed by atoms with E-state index in [1.807, 2.05) is 24.3 Å². The highest BCUT2D eigenvalue weighted by atomic mass is 32.1. The Morgan fingerprint density at radius 1 is 1.33 bits per heavy atom. The van der Waals surface area contributed by atoms with Crippen molar-refractivity contribution in [3.05, 3.63) is 36.5 Å². The van der Waals surface area contributed by atoms with Gasteiger partial charge in [-0.15, -0.1) is 0 Å². The van der Waals surface area contributed by atoms with Gasteiger partial charge < -0.3 is 25.8 Å². The van der Waals surface area contributed by atoms with Gasteiger partial charge in [0.15, 0.2) is 5.13 Å². The molecule has 0 bridgehead atoms. The monoisotopic (exact) mass is 348 g/mol. The molecule has 0 atom stereocenters. The number of carbonyl (C=O) groups excluding carboxylic acids is 2. The smallest absolute Gasteiger partial charge is 0.338 e. The number of hydrogen-bond acceptors (Lipinski definition) is 9. The van der Waals surface area contributed by atoms with Gasteiger partial charge in [0.1, 0.15) is 0 Å². The summed E-state index contributed by atoms with van der Waals surface area (Å²) in [7, 11) is 0. The summed E-state index contributed by atoms with van der Waals surface area (Å²) < 4.78 is 11.1. The van der Waals surface area contributed by atoms with Gasteiger partial charge in [-0.25, -0.2) is 14.6 Å². The second-order valence-electron chi connectivity index (χ2n) is 5.21. The van der Waals surface area contributed by atoms with E-state index in [1.165, 1.54) is 19.2 Å². The SMILES string of the molecule is CC1(C=CNCNc2nc3ccccc3s2)OC(=O)C(N)C(=O)O1. The molecule has 3 rings (SSSR count). The zero-order valence-electron chi connectivity index (χ0n) is 12.8. The largest absolute Gasteiger partial charge is 0.417 e. The van der Waals surface area contributed by atoms with Crippen LogP contribution in [0.15, 0.2) is 36.5 Å². The van der Waals surface area contributed by atoms with Gasteiger partial charge in [-0.1, -0.05) is 23.5 Å². The van der Waals surface area contributed by atoms with Gasteiger partial charge in [0, 0.05) is 19.2 Å². The van der Waals surface area contributed by atoms with Gasteiger partial charge in [0.25, 0.3) is 5.79 Å². The summed E-state index contributed by atoms with van der Waals surface area (Å²) in [5.74, 6) is -3.09. The molecule has 1 aromatic heterocycles. The Balaban J connectivity index is 1.51. The number of aromatic nitrogens is 1. The minimum atomic E-state index is -1.47. The first-order valence-electron chi connectivity index (χ1n) is 7.19. The minimum Gasteiger partial charge on any atom is -0.417 e. The highest BCUT2D eigenvalue weighted by molar-refractivity contribution is 7.22. The van der Waals surface area contributed by atoms with Crippen molar-refractivity contribution in [1.29, 1.82) is 0 Å². The third kappa shape index (κ3) is 3.47. The molecule has 0 amide bonds. The summed E-state index contributed by atoms with van der Waals surface area (Å²) in [5, 5.41) is 6.85. The van der Waals surface area contributed by atoms with E-state index in [9.17, 15) is 9.59 Å². The van der Waals surface area contributed by atoms with Crippen molar-refractivity contribution < 1.29 is 19.1 Å². The van der Waals surface area contributed by atoms with Gasteiger partial charge in [0.2, 0.25) is 6.04 Å². The number of para-hydroxylation sites is 1. The summed E-state index contributed by atoms with van der Waals surface area (Å²) in [6, 6.07) is 6.46. The molecule has 4 N–H and O–H groups in total. The first kappa shape index (κ1) is 16.2. The number of rotatable bonds is 5. The van der Waals surface area contributed by atoms with Crippen LogP contribution in [0.3, 0.4) is 0 Å². The number of ether oxygens (including phenoxy) is 2. The molecule has 1 saturated heterocycles. The molecule has 0 unspecified atom stereocenters. The van der Waals surface area contributed by atoms with Crippen LogP contribution >= 0.6 is 11.3 Å². The van der Waals surface area contributed by atoms with E-state index in [-0.39, 0.29) is 0 Å². The van der Waals surface area contributed by atoms with E-state index in [1.54, 1.807) is 11.3 Å². The Kier molecular flexibility index (Phi) is 4.36. The molecule has 1 aliphatic heterocycles. The van der Waals surface area contributed by atoms with Crippen LogP contribution < -0.4 is 16.4 Å². The molecule has 0 radical (unpaired) electrons. The molecule has 8 nitrogen and oxygen atoms in total. The number of nitrogens with zero attached hydrogens (tertiary/aromatic N) is 1. The number of nitrogens with two attached hydrogens (primary N) is 1. The van der Waals surface area contributed by atoms with E-state index >= 15 is 0 Å². The van der Waals surface area contributed by atoms with E-state index in [0.29, 0.717) is 6.67 Å². The van der Waals surface area contributed by atoms with Crippen molar-refractivity contribution in [3.63, 3.8) is 0 Å². The standard InChI is InChI=1S/C15H16N4O4S/c1-15(22-12(20)11(16)13(21)23-15)6-7-17-8-18-14-19-9-4-2-3-5-10(9)24-14/h2-7,11,17H,8,16H2,1H3,(H,18,19). The summed E-state index contributed by atoms with van der Waals surface area (Å²) in [5.41, 5.74) is 6.25. The predicted octanol–water partition coefficient (Wildman–Crippen LogP) is 0.912. The van der Waals surface area contributed by atoms with Gasteiger partial charge >= 0.3 is 11.9 Å². The number of fused-ring (bicyclic) bond motifs is 1. The van der Waals surface area contributed by atoms with Gasteiger partial charge in [-0.2, -0.15) is 0 Å². The number of hydrogen-bond donors (Lipinski definition) is 3. The Bertz CT molecular complexity index is 753. The van der Waals surface area contributed by atoms with Crippen LogP contribution in [0.1, 0.15) is 6.92 Å². The van der Waals surface area contributed by atoms with Crippen LogP contribution in [0.4, 0.5) is 5.13 Å². The lowest BCUT2D eigenvalue weighted by Gasteiger charge is -2.32. The zero-order chi connectivity index (χ0) is 17.2. The lowest BCUT2D eigenvalue weighted by molar-refractivity contribution is -0.224. The number of thiazole rings is 1. The summed E-state index contributed by atoms with van der Waals surface area (Å²) in [4.78, 5) is 27.3. The molecule has 126 valence electrons. The molecule has 24 heavy (non-hydrogen) atoms. The fourth-order valence-electron chi connectivity index (χ4n) is 2.06. The van der Waals surface area contributed by atoms with E-state index in [4.69, 9.17) is 15.2 Å². The van der Waals surface area contributed by atoms with E-state index in [2.05, 4.69) is 15.6 Å². The van der Waals surface area contributed by atoms with Crippen LogP contribution in [0.2, 0.25) is 0 Å². The first-order valence-corrected chi connectivity index (χ1v) is 8.00. The molecule has 9 heteroatoms. The van der Waals surface area contributed by atoms with Crippen LogP contribution in [0.5, 0.6) is 0 Å². The zero-order valence-corrected chi connectivity index (χ0v) is 13.6. The maximum atomic E-state index is 11.5. The van der Waals surface area contributed by atoms with E-state index in [0.717, 1.165) is 15.3 Å². The molecule has 0 spiro atoms. The fourth-order valence-corrected chi connectivity index (χ4v) is 2.92. The molecule has 0 aliphatic carbocycles. The second kappa shape index (κ2) is 6.46. The molecule has 2 aromatic rings. The molecule has 1 aromatic carbocycles. The average molecular weight is 348 g/mol. The number of anilines is 1. The fraction of sp³-hybridized carbons (Fsp3) is 0.267. The number of carbonyl (C=O) groups is 2. The lowest BCUT2D eigenvalue weighted by Crippen LogP contribution is -2.53. The molecule has 0 saturated carbocycles. The van der Waals surface area contributed by atoms with Crippen LogP contribution in [-0.4, -0.2) is 35.4 Å². The Hall–Kier alpha value is -2.65. The number of benzene rings is 1. The number of cyclic esters (lactones) is 2. The normalized spacial score (nSPS) is 24.0. The molecule has 1 aliphatic rings. The second-order valence-corrected chi connectivity index (χ2v) is 6.24. The Morgan fingerprint density at radius 2 is 2.04 bits per heavy atom. The highest BCUT2D eigenvalue weighted by Crippen LogP contribution is 2.25. The van der Waals surface area contributed by atoms with Crippen LogP contribution in [0, 0.1) is 0 Å². The topological polar surface area (TPSA) is 116 Å². The maximum Gasteiger partial charge on any atom is 0.338 e. The number of esters is 2. The predicted molar refractivity (Wildman–Crippen MR) is 88.9 cm³/mol. The van der Waals surface area contributed by atoms with Crippen molar-refractivity contribution in [2.24, 2.45) is 5.73 Å². The number of nitrogens with one attached hydrogen (secondary N) is 2.